The molecule has 0 aliphatic heterocycles. The summed E-state index contributed by atoms with van der Waals surface area (Å²) >= 11 is 0. The molecule has 4 heteroatoms. The molecular weight excluding hydrogens is 277 g/mol. The Hall–Kier alpha value is -3.01. The number of H-pyrrole nitrogens is 1. The first-order valence-electron chi connectivity index (χ1n) is 6.96. The van der Waals surface area contributed by atoms with Crippen molar-refractivity contribution in [3.05, 3.63) is 72.8 Å². The van der Waals surface area contributed by atoms with Crippen LogP contribution in [0.4, 0.5) is 4.39 Å². The van der Waals surface area contributed by atoms with Crippen LogP contribution in [0.25, 0.3) is 33.5 Å². The number of halogens is 1. The molecule has 0 spiro atoms. The minimum Gasteiger partial charge on any atom is -0.337 e. The zero-order valence-electron chi connectivity index (χ0n) is 11.6. The molecule has 2 heterocycles. The summed E-state index contributed by atoms with van der Waals surface area (Å²) in [6, 6.07) is 16.4. The van der Waals surface area contributed by atoms with Crippen molar-refractivity contribution in [2.24, 2.45) is 0 Å². The largest absolute Gasteiger partial charge is 0.337 e. The number of aromatic amines is 1. The molecule has 3 nitrogen and oxygen atoms in total. The average molecular weight is 289 g/mol. The third kappa shape index (κ3) is 2.24. The monoisotopic (exact) mass is 289 g/mol. The van der Waals surface area contributed by atoms with Crippen LogP contribution in [0, 0.1) is 5.82 Å². The molecule has 0 fully saturated rings. The summed E-state index contributed by atoms with van der Waals surface area (Å²) in [7, 11) is 0. The highest BCUT2D eigenvalue weighted by Gasteiger charge is 2.05. The molecule has 0 bridgehead atoms. The highest BCUT2D eigenvalue weighted by atomic mass is 19.1. The van der Waals surface area contributed by atoms with Gasteiger partial charge in [-0.05, 0) is 29.3 Å². The highest BCUT2D eigenvalue weighted by molar-refractivity contribution is 5.78. The normalized spacial score (nSPS) is 11.0. The van der Waals surface area contributed by atoms with Crippen LogP contribution >= 0.6 is 0 Å². The van der Waals surface area contributed by atoms with Crippen LogP contribution in [0.1, 0.15) is 0 Å². The van der Waals surface area contributed by atoms with Gasteiger partial charge in [0.2, 0.25) is 0 Å². The van der Waals surface area contributed by atoms with Gasteiger partial charge in [0.05, 0.1) is 17.2 Å². The second kappa shape index (κ2) is 5.07. The predicted octanol–water partition coefficient (Wildman–Crippen LogP) is 4.43. The molecule has 0 aliphatic rings. The zero-order chi connectivity index (χ0) is 14.9. The lowest BCUT2D eigenvalue weighted by atomic mass is 10.0. The molecule has 0 saturated heterocycles. The van der Waals surface area contributed by atoms with Crippen molar-refractivity contribution in [2.75, 3.05) is 0 Å². The number of hydrogen-bond donors (Lipinski definition) is 1. The van der Waals surface area contributed by atoms with E-state index < -0.39 is 0 Å². The summed E-state index contributed by atoms with van der Waals surface area (Å²) in [4.78, 5) is 11.9. The average Bonchev–Trinajstić information content (AvgIpc) is 3.00. The summed E-state index contributed by atoms with van der Waals surface area (Å²) in [6.07, 6.45) is 3.49. The van der Waals surface area contributed by atoms with Gasteiger partial charge in [0.25, 0.3) is 0 Å². The minimum atomic E-state index is -0.226. The predicted molar refractivity (Wildman–Crippen MR) is 84.7 cm³/mol. The lowest BCUT2D eigenvalue weighted by molar-refractivity contribution is 0.628. The van der Waals surface area contributed by atoms with Crippen LogP contribution in [0.15, 0.2) is 67.0 Å². The maximum Gasteiger partial charge on any atom is 0.138 e. The first-order chi connectivity index (χ1) is 10.8. The second-order valence-electron chi connectivity index (χ2n) is 5.06. The van der Waals surface area contributed by atoms with E-state index >= 15 is 0 Å². The first-order valence-corrected chi connectivity index (χ1v) is 6.96. The number of nitrogens with one attached hydrogen (secondary N) is 1. The zero-order valence-corrected chi connectivity index (χ0v) is 11.6. The van der Waals surface area contributed by atoms with E-state index in [2.05, 4.69) is 15.0 Å². The summed E-state index contributed by atoms with van der Waals surface area (Å²) in [5.74, 6) is 0.588. The van der Waals surface area contributed by atoms with Gasteiger partial charge in [-0.1, -0.05) is 36.4 Å². The summed E-state index contributed by atoms with van der Waals surface area (Å²) in [5.41, 5.74) is 4.85. The summed E-state index contributed by atoms with van der Waals surface area (Å²) in [6.45, 7) is 0. The van der Waals surface area contributed by atoms with Gasteiger partial charge in [-0.25, -0.2) is 9.37 Å². The number of hydrogen-bond acceptors (Lipinski definition) is 2. The standard InChI is InChI=1S/C18H12FN3/c19-15-7-5-13(6-8-15)12-1-3-14(4-2-12)18-21-16-9-10-20-11-17(16)22-18/h1-11H,(H,21,22). The van der Waals surface area contributed by atoms with Gasteiger partial charge in [0, 0.05) is 11.8 Å². The molecule has 2 aromatic heterocycles. The number of rotatable bonds is 2. The van der Waals surface area contributed by atoms with Gasteiger partial charge in [-0.3, -0.25) is 4.98 Å². The third-order valence-electron chi connectivity index (χ3n) is 3.62. The first kappa shape index (κ1) is 12.7. The maximum absolute atomic E-state index is 13.0. The Labute approximate surface area is 126 Å². The van der Waals surface area contributed by atoms with Gasteiger partial charge < -0.3 is 4.98 Å². The van der Waals surface area contributed by atoms with E-state index in [1.54, 1.807) is 24.5 Å². The quantitative estimate of drug-likeness (QED) is 0.593. The third-order valence-corrected chi connectivity index (χ3v) is 3.62. The van der Waals surface area contributed by atoms with Crippen LogP contribution in [-0.2, 0) is 0 Å². The molecule has 0 saturated carbocycles. The molecule has 0 unspecified atom stereocenters. The van der Waals surface area contributed by atoms with Crippen molar-refractivity contribution in [1.82, 2.24) is 15.0 Å². The maximum atomic E-state index is 13.0. The van der Waals surface area contributed by atoms with Crippen LogP contribution in [0.2, 0.25) is 0 Å². The van der Waals surface area contributed by atoms with Gasteiger partial charge in [0.1, 0.15) is 11.6 Å². The molecule has 22 heavy (non-hydrogen) atoms. The van der Waals surface area contributed by atoms with E-state index in [4.69, 9.17) is 0 Å². The van der Waals surface area contributed by atoms with Crippen molar-refractivity contribution in [2.45, 2.75) is 0 Å². The van der Waals surface area contributed by atoms with E-state index in [1.807, 2.05) is 30.3 Å². The molecule has 0 radical (unpaired) electrons. The Bertz CT molecular complexity index is 892. The second-order valence-corrected chi connectivity index (χ2v) is 5.06. The van der Waals surface area contributed by atoms with Gasteiger partial charge >= 0.3 is 0 Å². The molecule has 2 aromatic carbocycles. The molecule has 0 amide bonds. The minimum absolute atomic E-state index is 0.226. The SMILES string of the molecule is Fc1ccc(-c2ccc(-c3nc4ccncc4[nH]3)cc2)cc1. The van der Waals surface area contributed by atoms with Crippen molar-refractivity contribution in [3.8, 4) is 22.5 Å². The molecule has 1 N–H and O–H groups in total. The highest BCUT2D eigenvalue weighted by Crippen LogP contribution is 2.24. The Kier molecular flexibility index (Phi) is 2.93. The van der Waals surface area contributed by atoms with Crippen molar-refractivity contribution >= 4 is 11.0 Å². The molecule has 4 rings (SSSR count). The summed E-state index contributed by atoms with van der Waals surface area (Å²) in [5, 5.41) is 0. The van der Waals surface area contributed by atoms with Crippen LogP contribution in [0.5, 0.6) is 0 Å². The van der Waals surface area contributed by atoms with E-state index in [9.17, 15) is 4.39 Å². The van der Waals surface area contributed by atoms with E-state index in [0.717, 1.165) is 33.5 Å². The Morgan fingerprint density at radius 3 is 2.09 bits per heavy atom. The molecule has 4 aromatic rings. The number of pyridine rings is 1. The Morgan fingerprint density at radius 2 is 1.41 bits per heavy atom. The Morgan fingerprint density at radius 1 is 0.773 bits per heavy atom. The smallest absolute Gasteiger partial charge is 0.138 e. The lowest BCUT2D eigenvalue weighted by Gasteiger charge is -2.03. The number of nitrogens with zero attached hydrogens (tertiary/aromatic N) is 2. The number of fused-ring (bicyclic) bond motifs is 1. The topological polar surface area (TPSA) is 41.6 Å². The van der Waals surface area contributed by atoms with Crippen molar-refractivity contribution in [1.29, 1.82) is 0 Å². The molecule has 0 aliphatic carbocycles. The van der Waals surface area contributed by atoms with Gasteiger partial charge in [-0.15, -0.1) is 0 Å². The van der Waals surface area contributed by atoms with E-state index in [0.29, 0.717) is 0 Å². The fraction of sp³-hybridized carbons (Fsp3) is 0. The number of imidazole rings is 1. The number of aromatic nitrogens is 3. The molecule has 0 atom stereocenters. The number of benzene rings is 2. The fourth-order valence-corrected chi connectivity index (χ4v) is 2.46. The van der Waals surface area contributed by atoms with Gasteiger partial charge in [0.15, 0.2) is 0 Å². The summed E-state index contributed by atoms with van der Waals surface area (Å²) < 4.78 is 13.0. The van der Waals surface area contributed by atoms with E-state index in [1.165, 1.54) is 12.1 Å². The molecular formula is C18H12FN3. The lowest BCUT2D eigenvalue weighted by Crippen LogP contribution is -1.82. The van der Waals surface area contributed by atoms with Crippen LogP contribution in [0.3, 0.4) is 0 Å². The van der Waals surface area contributed by atoms with Crippen LogP contribution < -0.4 is 0 Å². The van der Waals surface area contributed by atoms with Gasteiger partial charge in [-0.2, -0.15) is 0 Å². The fourth-order valence-electron chi connectivity index (χ4n) is 2.46. The van der Waals surface area contributed by atoms with Crippen LogP contribution in [-0.4, -0.2) is 15.0 Å². The van der Waals surface area contributed by atoms with Crippen molar-refractivity contribution < 1.29 is 4.39 Å². The Balaban J connectivity index is 1.70. The van der Waals surface area contributed by atoms with E-state index in [-0.39, 0.29) is 5.82 Å². The molecule has 106 valence electrons. The van der Waals surface area contributed by atoms with Crippen molar-refractivity contribution in [3.63, 3.8) is 0 Å².